The first-order valence-corrected chi connectivity index (χ1v) is 7.03. The number of nitrogens with one attached hydrogen (secondary N) is 1. The molecule has 0 aliphatic rings. The average Bonchev–Trinajstić information content (AvgIpc) is 2.49. The van der Waals surface area contributed by atoms with E-state index in [1.165, 1.54) is 32.2 Å². The predicted molar refractivity (Wildman–Crippen MR) is 87.1 cm³/mol. The summed E-state index contributed by atoms with van der Waals surface area (Å²) in [5.74, 6) is -1.82. The Morgan fingerprint density at radius 2 is 1.70 bits per heavy atom. The summed E-state index contributed by atoms with van der Waals surface area (Å²) in [5, 5.41) is 2.68. The summed E-state index contributed by atoms with van der Waals surface area (Å²) < 4.78 is 0. The van der Waals surface area contributed by atoms with E-state index < -0.39 is 5.92 Å². The SMILES string of the molecule is CC(=O)C(C(C)=O)c1ccc(C(=O)Nc2ccccc2N)cn1. The second-order valence-electron chi connectivity index (χ2n) is 5.17. The number of hydrogen-bond donors (Lipinski definition) is 2. The number of ketones is 2. The molecule has 2 rings (SSSR count). The lowest BCUT2D eigenvalue weighted by molar-refractivity contribution is -0.126. The highest BCUT2D eigenvalue weighted by Gasteiger charge is 2.23. The minimum Gasteiger partial charge on any atom is -0.397 e. The summed E-state index contributed by atoms with van der Waals surface area (Å²) in [4.78, 5) is 39.3. The largest absolute Gasteiger partial charge is 0.397 e. The summed E-state index contributed by atoms with van der Waals surface area (Å²) in [5.41, 5.74) is 7.38. The molecule has 1 aromatic heterocycles. The van der Waals surface area contributed by atoms with Crippen LogP contribution < -0.4 is 11.1 Å². The van der Waals surface area contributed by atoms with Gasteiger partial charge in [-0.3, -0.25) is 19.4 Å². The Morgan fingerprint density at radius 1 is 1.04 bits per heavy atom. The van der Waals surface area contributed by atoms with Crippen molar-refractivity contribution in [2.24, 2.45) is 0 Å². The van der Waals surface area contributed by atoms with Crippen molar-refractivity contribution >= 4 is 28.8 Å². The second kappa shape index (κ2) is 6.83. The van der Waals surface area contributed by atoms with E-state index in [-0.39, 0.29) is 17.5 Å². The molecule has 0 saturated heterocycles. The molecule has 1 aromatic carbocycles. The molecule has 0 radical (unpaired) electrons. The van der Waals surface area contributed by atoms with Crippen molar-refractivity contribution in [2.45, 2.75) is 19.8 Å². The third-order valence-electron chi connectivity index (χ3n) is 3.37. The van der Waals surface area contributed by atoms with Gasteiger partial charge in [-0.1, -0.05) is 12.1 Å². The quantitative estimate of drug-likeness (QED) is 0.651. The fourth-order valence-electron chi connectivity index (χ4n) is 2.22. The molecule has 6 heteroatoms. The molecule has 118 valence electrons. The number of rotatable bonds is 5. The number of anilines is 2. The van der Waals surface area contributed by atoms with Crippen molar-refractivity contribution in [2.75, 3.05) is 11.1 Å². The molecule has 2 aromatic rings. The highest BCUT2D eigenvalue weighted by Crippen LogP contribution is 2.19. The van der Waals surface area contributed by atoms with E-state index in [1.807, 2.05) is 0 Å². The van der Waals surface area contributed by atoms with Gasteiger partial charge in [0.1, 0.15) is 17.5 Å². The third-order valence-corrected chi connectivity index (χ3v) is 3.37. The van der Waals surface area contributed by atoms with E-state index in [2.05, 4.69) is 10.3 Å². The Bertz CT molecular complexity index is 740. The van der Waals surface area contributed by atoms with Gasteiger partial charge in [0, 0.05) is 6.20 Å². The van der Waals surface area contributed by atoms with Crippen LogP contribution in [-0.4, -0.2) is 22.5 Å². The number of benzene rings is 1. The standard InChI is InChI=1S/C17H17N3O3/c1-10(21)16(11(2)22)15-8-7-12(9-19-15)17(23)20-14-6-4-3-5-13(14)18/h3-9,16H,18H2,1-2H3,(H,20,23). The van der Waals surface area contributed by atoms with E-state index in [0.717, 1.165) is 0 Å². The van der Waals surface area contributed by atoms with Crippen LogP contribution in [0.4, 0.5) is 11.4 Å². The molecular weight excluding hydrogens is 294 g/mol. The molecule has 1 heterocycles. The van der Waals surface area contributed by atoms with Gasteiger partial charge in [0.15, 0.2) is 0 Å². The maximum atomic E-state index is 12.2. The van der Waals surface area contributed by atoms with E-state index in [1.54, 1.807) is 24.3 Å². The molecule has 3 N–H and O–H groups in total. The molecule has 1 amide bonds. The molecule has 0 spiro atoms. The normalized spacial score (nSPS) is 10.4. The maximum Gasteiger partial charge on any atom is 0.257 e. The lowest BCUT2D eigenvalue weighted by atomic mass is 9.96. The first-order chi connectivity index (χ1) is 10.9. The maximum absolute atomic E-state index is 12.2. The molecule has 6 nitrogen and oxygen atoms in total. The smallest absolute Gasteiger partial charge is 0.257 e. The van der Waals surface area contributed by atoms with Gasteiger partial charge >= 0.3 is 0 Å². The van der Waals surface area contributed by atoms with Crippen molar-refractivity contribution in [1.29, 1.82) is 0 Å². The van der Waals surface area contributed by atoms with Crippen LogP contribution in [0.2, 0.25) is 0 Å². The van der Waals surface area contributed by atoms with Gasteiger partial charge in [0.05, 0.1) is 22.6 Å². The molecule has 0 fully saturated rings. The Balaban J connectivity index is 2.19. The van der Waals surface area contributed by atoms with Crippen LogP contribution in [0.15, 0.2) is 42.6 Å². The Morgan fingerprint density at radius 3 is 2.22 bits per heavy atom. The molecule has 23 heavy (non-hydrogen) atoms. The zero-order valence-electron chi connectivity index (χ0n) is 12.9. The fraction of sp³-hybridized carbons (Fsp3) is 0.176. The Kier molecular flexibility index (Phi) is 4.85. The molecule has 0 aliphatic heterocycles. The number of nitrogens with zero attached hydrogens (tertiary/aromatic N) is 1. The monoisotopic (exact) mass is 311 g/mol. The molecule has 0 aliphatic carbocycles. The van der Waals surface area contributed by atoms with Crippen LogP contribution >= 0.6 is 0 Å². The topological polar surface area (TPSA) is 102 Å². The number of carbonyl (C=O) groups excluding carboxylic acids is 3. The van der Waals surface area contributed by atoms with Gasteiger partial charge in [0.2, 0.25) is 0 Å². The van der Waals surface area contributed by atoms with Crippen LogP contribution in [-0.2, 0) is 9.59 Å². The summed E-state index contributed by atoms with van der Waals surface area (Å²) in [7, 11) is 0. The predicted octanol–water partition coefficient (Wildman–Crippen LogP) is 2.18. The highest BCUT2D eigenvalue weighted by atomic mass is 16.2. The number of amides is 1. The number of Topliss-reactive ketones (excluding diaryl/α,β-unsaturated/α-hetero) is 2. The van der Waals surface area contributed by atoms with Crippen LogP contribution in [0.3, 0.4) is 0 Å². The van der Waals surface area contributed by atoms with Crippen LogP contribution in [0.25, 0.3) is 0 Å². The van der Waals surface area contributed by atoms with Gasteiger partial charge in [-0.2, -0.15) is 0 Å². The first kappa shape index (κ1) is 16.4. The van der Waals surface area contributed by atoms with Crippen molar-refractivity contribution in [3.05, 3.63) is 53.9 Å². The minimum atomic E-state index is -0.892. The summed E-state index contributed by atoms with van der Waals surface area (Å²) in [6.45, 7) is 2.68. The number of aromatic nitrogens is 1. The number of pyridine rings is 1. The number of para-hydroxylation sites is 2. The highest BCUT2D eigenvalue weighted by molar-refractivity contribution is 6.06. The first-order valence-electron chi connectivity index (χ1n) is 7.03. The van der Waals surface area contributed by atoms with E-state index in [4.69, 9.17) is 5.73 Å². The van der Waals surface area contributed by atoms with Crippen molar-refractivity contribution in [3.8, 4) is 0 Å². The fourth-order valence-corrected chi connectivity index (χ4v) is 2.22. The van der Waals surface area contributed by atoms with Crippen LogP contribution in [0.1, 0.15) is 35.8 Å². The third kappa shape index (κ3) is 3.79. The van der Waals surface area contributed by atoms with Gasteiger partial charge in [-0.25, -0.2) is 0 Å². The van der Waals surface area contributed by atoms with Gasteiger partial charge in [0.25, 0.3) is 5.91 Å². The minimum absolute atomic E-state index is 0.278. The molecule has 0 unspecified atom stereocenters. The second-order valence-corrected chi connectivity index (χ2v) is 5.17. The molecule has 0 saturated carbocycles. The average molecular weight is 311 g/mol. The Hall–Kier alpha value is -3.02. The lowest BCUT2D eigenvalue weighted by Gasteiger charge is -2.11. The number of hydrogen-bond acceptors (Lipinski definition) is 5. The van der Waals surface area contributed by atoms with Crippen LogP contribution in [0.5, 0.6) is 0 Å². The van der Waals surface area contributed by atoms with E-state index >= 15 is 0 Å². The lowest BCUT2D eigenvalue weighted by Crippen LogP contribution is -2.19. The molecule has 0 atom stereocenters. The Labute approximate surface area is 133 Å². The number of carbonyl (C=O) groups is 3. The summed E-state index contributed by atoms with van der Waals surface area (Å²) in [6.07, 6.45) is 1.34. The van der Waals surface area contributed by atoms with Crippen molar-refractivity contribution in [3.63, 3.8) is 0 Å². The van der Waals surface area contributed by atoms with E-state index in [9.17, 15) is 14.4 Å². The number of nitrogen functional groups attached to an aromatic ring is 1. The zero-order chi connectivity index (χ0) is 17.0. The van der Waals surface area contributed by atoms with Crippen molar-refractivity contribution in [1.82, 2.24) is 4.98 Å². The zero-order valence-corrected chi connectivity index (χ0v) is 12.9. The van der Waals surface area contributed by atoms with Crippen molar-refractivity contribution < 1.29 is 14.4 Å². The molecule has 0 bridgehead atoms. The van der Waals surface area contributed by atoms with Gasteiger partial charge in [-0.15, -0.1) is 0 Å². The summed E-state index contributed by atoms with van der Waals surface area (Å²) in [6, 6.07) is 9.94. The van der Waals surface area contributed by atoms with Crippen LogP contribution in [0, 0.1) is 0 Å². The van der Waals surface area contributed by atoms with E-state index in [0.29, 0.717) is 22.6 Å². The number of nitrogens with two attached hydrogens (primary N) is 1. The van der Waals surface area contributed by atoms with Gasteiger partial charge < -0.3 is 11.1 Å². The van der Waals surface area contributed by atoms with Gasteiger partial charge in [-0.05, 0) is 38.1 Å². The summed E-state index contributed by atoms with van der Waals surface area (Å²) >= 11 is 0. The molecular formula is C17H17N3O3.